The number of nitriles is 1. The summed E-state index contributed by atoms with van der Waals surface area (Å²) in [5, 5.41) is 8.68. The number of hydrogen-bond acceptors (Lipinski definition) is 3. The molecule has 0 unspecified atom stereocenters. The van der Waals surface area contributed by atoms with E-state index in [2.05, 4.69) is 4.98 Å². The van der Waals surface area contributed by atoms with E-state index in [1.54, 1.807) is 12.3 Å². The number of hydrogen-bond donors (Lipinski definition) is 0. The van der Waals surface area contributed by atoms with E-state index in [-0.39, 0.29) is 10.6 Å². The second-order valence-corrected chi connectivity index (χ2v) is 2.59. The van der Waals surface area contributed by atoms with Crippen LogP contribution < -0.4 is 0 Å². The van der Waals surface area contributed by atoms with Gasteiger partial charge in [0.25, 0.3) is 0 Å². The smallest absolute Gasteiger partial charge is 0.173 e. The Balaban J connectivity index is 3.23. The Labute approximate surface area is 68.1 Å². The van der Waals surface area contributed by atoms with Crippen LogP contribution in [-0.2, 0) is 0 Å². The van der Waals surface area contributed by atoms with Crippen LogP contribution in [-0.4, -0.2) is 11.2 Å². The molecule has 0 saturated heterocycles. The van der Waals surface area contributed by atoms with Crippen LogP contribution in [0.2, 0.25) is 0 Å². The van der Waals surface area contributed by atoms with Gasteiger partial charge in [-0.3, -0.25) is 0 Å². The predicted octanol–water partition coefficient (Wildman–Crippen LogP) is 1.81. The van der Waals surface area contributed by atoms with E-state index in [9.17, 15) is 4.39 Å². The summed E-state index contributed by atoms with van der Waals surface area (Å²) >= 11 is 1.19. The molecule has 1 aromatic rings. The standard InChI is InChI=1S/C7H5FN2S/c1-11-7-6(8)5(4-9)2-3-10-7/h2-3H,1H3. The molecule has 0 N–H and O–H groups in total. The lowest BCUT2D eigenvalue weighted by molar-refractivity contribution is 0.584. The molecular weight excluding hydrogens is 163 g/mol. The number of nitrogens with zero attached hydrogens (tertiary/aromatic N) is 2. The van der Waals surface area contributed by atoms with Crippen LogP contribution in [0.4, 0.5) is 4.39 Å². The summed E-state index contributed by atoms with van der Waals surface area (Å²) in [5.41, 5.74) is 0.0457. The van der Waals surface area contributed by atoms with Gasteiger partial charge in [0.05, 0.1) is 5.56 Å². The van der Waals surface area contributed by atoms with Gasteiger partial charge >= 0.3 is 0 Å². The lowest BCUT2D eigenvalue weighted by Crippen LogP contribution is -1.89. The molecule has 4 heteroatoms. The van der Waals surface area contributed by atoms with Crippen molar-refractivity contribution in [1.29, 1.82) is 5.26 Å². The van der Waals surface area contributed by atoms with Crippen molar-refractivity contribution < 1.29 is 4.39 Å². The second-order valence-electron chi connectivity index (χ2n) is 1.79. The third-order valence-electron chi connectivity index (χ3n) is 1.17. The molecule has 1 heterocycles. The maximum atomic E-state index is 13.0. The number of halogens is 1. The molecule has 0 saturated carbocycles. The van der Waals surface area contributed by atoms with Gasteiger partial charge in [0.2, 0.25) is 0 Å². The molecule has 0 bridgehead atoms. The molecule has 0 aromatic carbocycles. The normalized spacial score (nSPS) is 9.18. The Hall–Kier alpha value is -1.08. The van der Waals surface area contributed by atoms with Crippen LogP contribution in [0.3, 0.4) is 0 Å². The van der Waals surface area contributed by atoms with Gasteiger partial charge in [-0.1, -0.05) is 0 Å². The first kappa shape index (κ1) is 8.02. The first-order chi connectivity index (χ1) is 5.29. The van der Waals surface area contributed by atoms with Crippen molar-refractivity contribution in [3.8, 4) is 6.07 Å². The van der Waals surface area contributed by atoms with E-state index in [0.717, 1.165) is 0 Å². The zero-order valence-corrected chi connectivity index (χ0v) is 6.65. The fourth-order valence-corrected chi connectivity index (χ4v) is 1.11. The van der Waals surface area contributed by atoms with Crippen molar-refractivity contribution in [3.05, 3.63) is 23.6 Å². The summed E-state index contributed by atoms with van der Waals surface area (Å²) in [7, 11) is 0. The maximum Gasteiger partial charge on any atom is 0.173 e. The molecule has 0 aliphatic heterocycles. The first-order valence-corrected chi connectivity index (χ1v) is 4.10. The summed E-state index contributed by atoms with van der Waals surface area (Å²) in [6, 6.07) is 3.10. The fraction of sp³-hybridized carbons (Fsp3) is 0.143. The van der Waals surface area contributed by atoms with Crippen molar-refractivity contribution in [3.63, 3.8) is 0 Å². The highest BCUT2D eigenvalue weighted by Gasteiger charge is 2.06. The first-order valence-electron chi connectivity index (χ1n) is 2.88. The van der Waals surface area contributed by atoms with Gasteiger partial charge in [0, 0.05) is 6.20 Å². The third-order valence-corrected chi connectivity index (χ3v) is 1.84. The van der Waals surface area contributed by atoms with Gasteiger partial charge < -0.3 is 0 Å². The molecule has 11 heavy (non-hydrogen) atoms. The van der Waals surface area contributed by atoms with E-state index in [0.29, 0.717) is 0 Å². The van der Waals surface area contributed by atoms with Crippen LogP contribution in [0.25, 0.3) is 0 Å². The quantitative estimate of drug-likeness (QED) is 0.600. The van der Waals surface area contributed by atoms with Crippen molar-refractivity contribution in [1.82, 2.24) is 4.98 Å². The summed E-state index contributed by atoms with van der Waals surface area (Å²) in [5.74, 6) is -0.525. The summed E-state index contributed by atoms with van der Waals surface area (Å²) in [6.07, 6.45) is 3.14. The average molecular weight is 168 g/mol. The van der Waals surface area contributed by atoms with Gasteiger partial charge in [0.1, 0.15) is 11.1 Å². The minimum absolute atomic E-state index is 0.0457. The fourth-order valence-electron chi connectivity index (χ4n) is 0.653. The van der Waals surface area contributed by atoms with E-state index < -0.39 is 5.82 Å². The second kappa shape index (κ2) is 3.35. The van der Waals surface area contributed by atoms with Crippen LogP contribution in [0.5, 0.6) is 0 Å². The van der Waals surface area contributed by atoms with Crippen molar-refractivity contribution in [2.24, 2.45) is 0 Å². The van der Waals surface area contributed by atoms with Crippen LogP contribution in [0.15, 0.2) is 17.3 Å². The largest absolute Gasteiger partial charge is 0.247 e. The van der Waals surface area contributed by atoms with Gasteiger partial charge in [-0.05, 0) is 12.3 Å². The molecule has 0 spiro atoms. The van der Waals surface area contributed by atoms with Crippen molar-refractivity contribution >= 4 is 11.8 Å². The van der Waals surface area contributed by atoms with E-state index in [1.165, 1.54) is 24.0 Å². The van der Waals surface area contributed by atoms with Gasteiger partial charge in [-0.2, -0.15) is 5.26 Å². The minimum atomic E-state index is -0.525. The lowest BCUT2D eigenvalue weighted by atomic mass is 10.3. The Bertz CT molecular complexity index is 306. The molecule has 1 rings (SSSR count). The molecule has 0 aliphatic carbocycles. The third kappa shape index (κ3) is 1.49. The summed E-state index contributed by atoms with van der Waals surface area (Å²) in [4.78, 5) is 3.74. The zero-order chi connectivity index (χ0) is 8.27. The van der Waals surface area contributed by atoms with Gasteiger partial charge in [0.15, 0.2) is 5.82 Å². The molecule has 1 aromatic heterocycles. The molecule has 0 amide bonds. The van der Waals surface area contributed by atoms with Gasteiger partial charge in [-0.15, -0.1) is 11.8 Å². The van der Waals surface area contributed by atoms with E-state index in [4.69, 9.17) is 5.26 Å². The van der Waals surface area contributed by atoms with Crippen molar-refractivity contribution in [2.45, 2.75) is 5.03 Å². The number of pyridine rings is 1. The van der Waals surface area contributed by atoms with E-state index >= 15 is 0 Å². The highest BCUT2D eigenvalue weighted by Crippen LogP contribution is 2.17. The Morgan fingerprint density at radius 1 is 1.73 bits per heavy atom. The number of rotatable bonds is 1. The molecule has 2 nitrogen and oxygen atoms in total. The van der Waals surface area contributed by atoms with Gasteiger partial charge in [-0.25, -0.2) is 9.37 Å². The zero-order valence-electron chi connectivity index (χ0n) is 5.84. The van der Waals surface area contributed by atoms with E-state index in [1.807, 2.05) is 0 Å². The average Bonchev–Trinajstić information content (AvgIpc) is 2.05. The molecule has 56 valence electrons. The highest BCUT2D eigenvalue weighted by atomic mass is 32.2. The Morgan fingerprint density at radius 2 is 2.45 bits per heavy atom. The maximum absolute atomic E-state index is 13.0. The molecular formula is C7H5FN2S. The van der Waals surface area contributed by atoms with Crippen LogP contribution in [0, 0.1) is 17.1 Å². The number of aromatic nitrogens is 1. The number of thioether (sulfide) groups is 1. The van der Waals surface area contributed by atoms with Crippen LogP contribution in [0.1, 0.15) is 5.56 Å². The Morgan fingerprint density at radius 3 is 3.00 bits per heavy atom. The molecule has 0 aliphatic rings. The minimum Gasteiger partial charge on any atom is -0.247 e. The summed E-state index contributed by atoms with van der Waals surface area (Å²) in [6.45, 7) is 0. The summed E-state index contributed by atoms with van der Waals surface area (Å²) < 4.78 is 13.0. The highest BCUT2D eigenvalue weighted by molar-refractivity contribution is 7.98. The molecule has 0 atom stereocenters. The lowest BCUT2D eigenvalue weighted by Gasteiger charge is -1.96. The predicted molar refractivity (Wildman–Crippen MR) is 40.7 cm³/mol. The Kier molecular flexibility index (Phi) is 2.44. The van der Waals surface area contributed by atoms with Crippen molar-refractivity contribution in [2.75, 3.05) is 6.26 Å². The monoisotopic (exact) mass is 168 g/mol. The topological polar surface area (TPSA) is 36.7 Å². The van der Waals surface area contributed by atoms with Crippen LogP contribution >= 0.6 is 11.8 Å². The SMILES string of the molecule is CSc1nccc(C#N)c1F. The molecule has 0 radical (unpaired) electrons. The molecule has 0 fully saturated rings.